The number of likely N-dealkylation sites (tertiary alicyclic amines) is 1. The average molecular weight is 607 g/mol. The fourth-order valence-corrected chi connectivity index (χ4v) is 6.10. The fourth-order valence-electron chi connectivity index (χ4n) is 5.83. The van der Waals surface area contributed by atoms with E-state index in [0.717, 1.165) is 45.5 Å². The van der Waals surface area contributed by atoms with E-state index >= 15 is 0 Å². The SMILES string of the molecule is O=C(c1ccccc1-n1cc(Cn2c3ccccc3c3ccccc32)nn1)N1CCC[C@H]1COc1ccc(Br)cc1. The molecule has 41 heavy (non-hydrogen) atoms. The van der Waals surface area contributed by atoms with Crippen molar-refractivity contribution in [2.24, 2.45) is 0 Å². The van der Waals surface area contributed by atoms with Crippen LogP contribution in [-0.2, 0) is 6.54 Å². The van der Waals surface area contributed by atoms with Crippen LogP contribution in [0.3, 0.4) is 0 Å². The Labute approximate surface area is 246 Å². The highest BCUT2D eigenvalue weighted by molar-refractivity contribution is 9.10. The number of hydrogen-bond donors (Lipinski definition) is 0. The minimum Gasteiger partial charge on any atom is -0.491 e. The third-order valence-corrected chi connectivity index (χ3v) is 8.34. The van der Waals surface area contributed by atoms with E-state index in [1.807, 2.05) is 59.6 Å². The Kier molecular flexibility index (Phi) is 6.76. The molecule has 0 radical (unpaired) electrons. The van der Waals surface area contributed by atoms with Crippen LogP contribution in [0.15, 0.2) is 108 Å². The molecule has 7 rings (SSSR count). The lowest BCUT2D eigenvalue weighted by molar-refractivity contribution is 0.0691. The molecule has 1 aliphatic heterocycles. The Morgan fingerprint density at radius 1 is 0.878 bits per heavy atom. The molecule has 204 valence electrons. The first-order valence-electron chi connectivity index (χ1n) is 13.8. The summed E-state index contributed by atoms with van der Waals surface area (Å²) in [5, 5.41) is 11.4. The maximum atomic E-state index is 13.9. The molecular formula is C33H28BrN5O2. The van der Waals surface area contributed by atoms with E-state index in [0.29, 0.717) is 25.3 Å². The summed E-state index contributed by atoms with van der Waals surface area (Å²) in [6.07, 6.45) is 3.79. The number of para-hydroxylation sites is 3. The molecule has 0 saturated carbocycles. The van der Waals surface area contributed by atoms with E-state index in [2.05, 4.69) is 79.3 Å². The summed E-state index contributed by atoms with van der Waals surface area (Å²) < 4.78 is 11.0. The third kappa shape index (κ3) is 4.89. The molecule has 1 saturated heterocycles. The van der Waals surface area contributed by atoms with E-state index in [-0.39, 0.29) is 11.9 Å². The Morgan fingerprint density at radius 2 is 1.56 bits per heavy atom. The number of benzene rings is 4. The summed E-state index contributed by atoms with van der Waals surface area (Å²) in [6.45, 7) is 1.74. The molecule has 1 amide bonds. The van der Waals surface area contributed by atoms with E-state index in [1.165, 1.54) is 10.8 Å². The largest absolute Gasteiger partial charge is 0.491 e. The number of carbonyl (C=O) groups excluding carboxylic acids is 1. The molecule has 0 aliphatic carbocycles. The quantitative estimate of drug-likeness (QED) is 0.199. The maximum Gasteiger partial charge on any atom is 0.256 e. The molecular weight excluding hydrogens is 578 g/mol. The van der Waals surface area contributed by atoms with Gasteiger partial charge >= 0.3 is 0 Å². The molecule has 3 heterocycles. The molecule has 0 N–H and O–H groups in total. The minimum atomic E-state index is -0.0121. The van der Waals surface area contributed by atoms with E-state index in [1.54, 1.807) is 4.68 Å². The standard InChI is InChI=1S/C33H28BrN5O2/c34-23-15-17-26(18-16-23)41-22-25-8-7-19-37(25)33(40)29-11-3-6-14-32(29)39-21-24(35-36-39)20-38-30-12-4-1-9-27(30)28-10-2-5-13-31(28)38/h1-6,9-18,21,25H,7-8,19-20,22H2/t25-/m0/s1. The van der Waals surface area contributed by atoms with Gasteiger partial charge in [0.1, 0.15) is 18.1 Å². The highest BCUT2D eigenvalue weighted by atomic mass is 79.9. The minimum absolute atomic E-state index is 0.0121. The van der Waals surface area contributed by atoms with Crippen molar-refractivity contribution in [3.63, 3.8) is 0 Å². The van der Waals surface area contributed by atoms with Gasteiger partial charge in [0, 0.05) is 32.8 Å². The predicted molar refractivity (Wildman–Crippen MR) is 164 cm³/mol. The zero-order chi connectivity index (χ0) is 27.8. The smallest absolute Gasteiger partial charge is 0.256 e. The normalized spacial score (nSPS) is 15.1. The van der Waals surface area contributed by atoms with Crippen molar-refractivity contribution in [3.8, 4) is 11.4 Å². The molecule has 0 unspecified atom stereocenters. The number of rotatable bonds is 7. The Balaban J connectivity index is 1.14. The van der Waals surface area contributed by atoms with Crippen LogP contribution >= 0.6 is 15.9 Å². The number of aromatic nitrogens is 4. The Morgan fingerprint density at radius 3 is 2.32 bits per heavy atom. The highest BCUT2D eigenvalue weighted by Crippen LogP contribution is 2.30. The van der Waals surface area contributed by atoms with Gasteiger partial charge in [0.25, 0.3) is 5.91 Å². The van der Waals surface area contributed by atoms with Crippen molar-refractivity contribution in [1.82, 2.24) is 24.5 Å². The molecule has 6 aromatic rings. The van der Waals surface area contributed by atoms with Gasteiger partial charge in [-0.2, -0.15) is 0 Å². The average Bonchev–Trinajstić information content (AvgIpc) is 3.76. The summed E-state index contributed by atoms with van der Waals surface area (Å²) in [5.74, 6) is 0.785. The van der Waals surface area contributed by atoms with Gasteiger partial charge in [-0.05, 0) is 61.4 Å². The van der Waals surface area contributed by atoms with Crippen LogP contribution in [0.5, 0.6) is 5.75 Å². The lowest BCUT2D eigenvalue weighted by atomic mass is 10.1. The van der Waals surface area contributed by atoms with Gasteiger partial charge in [-0.1, -0.05) is 69.7 Å². The van der Waals surface area contributed by atoms with Crippen LogP contribution in [0, 0.1) is 0 Å². The van der Waals surface area contributed by atoms with Crippen molar-refractivity contribution < 1.29 is 9.53 Å². The summed E-state index contributed by atoms with van der Waals surface area (Å²) in [5.41, 5.74) is 4.46. The van der Waals surface area contributed by atoms with Gasteiger partial charge in [-0.15, -0.1) is 5.10 Å². The number of ether oxygens (including phenoxy) is 1. The second kappa shape index (κ2) is 10.9. The van der Waals surface area contributed by atoms with Crippen molar-refractivity contribution in [1.29, 1.82) is 0 Å². The van der Waals surface area contributed by atoms with Crippen molar-refractivity contribution in [2.75, 3.05) is 13.2 Å². The first-order valence-corrected chi connectivity index (χ1v) is 14.6. The van der Waals surface area contributed by atoms with Gasteiger partial charge in [-0.3, -0.25) is 4.79 Å². The fraction of sp³-hybridized carbons (Fsp3) is 0.182. The third-order valence-electron chi connectivity index (χ3n) is 7.82. The maximum absolute atomic E-state index is 13.9. The molecule has 7 nitrogen and oxygen atoms in total. The second-order valence-corrected chi connectivity index (χ2v) is 11.3. The lowest BCUT2D eigenvalue weighted by Gasteiger charge is -2.25. The van der Waals surface area contributed by atoms with Crippen LogP contribution in [-0.4, -0.2) is 49.6 Å². The molecule has 1 fully saturated rings. The summed E-state index contributed by atoms with van der Waals surface area (Å²) in [6, 6.07) is 32.3. The molecule has 4 aromatic carbocycles. The van der Waals surface area contributed by atoms with Gasteiger partial charge in [-0.25, -0.2) is 4.68 Å². The number of amides is 1. The summed E-state index contributed by atoms with van der Waals surface area (Å²) in [7, 11) is 0. The van der Waals surface area contributed by atoms with Crippen LogP contribution in [0.4, 0.5) is 0 Å². The first kappa shape index (κ1) is 25.5. The van der Waals surface area contributed by atoms with Gasteiger partial charge in [0.2, 0.25) is 0 Å². The number of hydrogen-bond acceptors (Lipinski definition) is 4. The van der Waals surface area contributed by atoms with E-state index in [9.17, 15) is 4.79 Å². The summed E-state index contributed by atoms with van der Waals surface area (Å²) >= 11 is 3.46. The lowest BCUT2D eigenvalue weighted by Crippen LogP contribution is -2.39. The monoisotopic (exact) mass is 605 g/mol. The second-order valence-electron chi connectivity index (χ2n) is 10.4. The number of halogens is 1. The van der Waals surface area contributed by atoms with Crippen molar-refractivity contribution >= 4 is 43.6 Å². The number of carbonyl (C=O) groups is 1. The van der Waals surface area contributed by atoms with Crippen LogP contribution < -0.4 is 4.74 Å². The van der Waals surface area contributed by atoms with Crippen LogP contribution in [0.25, 0.3) is 27.5 Å². The molecule has 2 aromatic heterocycles. The molecule has 0 spiro atoms. The van der Waals surface area contributed by atoms with E-state index in [4.69, 9.17) is 4.74 Å². The van der Waals surface area contributed by atoms with Crippen molar-refractivity contribution in [2.45, 2.75) is 25.4 Å². The highest BCUT2D eigenvalue weighted by Gasteiger charge is 2.31. The molecule has 1 aliphatic rings. The van der Waals surface area contributed by atoms with Crippen LogP contribution in [0.1, 0.15) is 28.9 Å². The first-order chi connectivity index (χ1) is 20.2. The molecule has 8 heteroatoms. The number of fused-ring (bicyclic) bond motifs is 3. The summed E-state index contributed by atoms with van der Waals surface area (Å²) in [4.78, 5) is 15.8. The topological polar surface area (TPSA) is 65.2 Å². The van der Waals surface area contributed by atoms with Gasteiger partial charge in [0.05, 0.1) is 30.0 Å². The zero-order valence-corrected chi connectivity index (χ0v) is 23.9. The van der Waals surface area contributed by atoms with Crippen molar-refractivity contribution in [3.05, 3.63) is 119 Å². The number of nitrogens with zero attached hydrogens (tertiary/aromatic N) is 5. The van der Waals surface area contributed by atoms with Gasteiger partial charge in [0.15, 0.2) is 0 Å². The molecule has 1 atom stereocenters. The Bertz CT molecular complexity index is 1810. The van der Waals surface area contributed by atoms with Crippen LogP contribution in [0.2, 0.25) is 0 Å². The Hall–Kier alpha value is -4.43. The van der Waals surface area contributed by atoms with Gasteiger partial charge < -0.3 is 14.2 Å². The molecule has 0 bridgehead atoms. The predicted octanol–water partition coefficient (Wildman–Crippen LogP) is 6.87. The zero-order valence-electron chi connectivity index (χ0n) is 22.4. The van der Waals surface area contributed by atoms with E-state index < -0.39 is 0 Å².